The summed E-state index contributed by atoms with van der Waals surface area (Å²) in [6.45, 7) is 4.79. The Hall–Kier alpha value is -0.560. The van der Waals surface area contributed by atoms with Crippen molar-refractivity contribution in [1.82, 2.24) is 0 Å². The van der Waals surface area contributed by atoms with Gasteiger partial charge in [-0.05, 0) is 26.8 Å². The lowest BCUT2D eigenvalue weighted by Gasteiger charge is -1.94. The van der Waals surface area contributed by atoms with Crippen LogP contribution in [0.25, 0.3) is 0 Å². The van der Waals surface area contributed by atoms with Gasteiger partial charge in [-0.3, -0.25) is 0 Å². The lowest BCUT2D eigenvalue weighted by molar-refractivity contribution is 0.970. The molecule has 0 radical (unpaired) electrons. The molecule has 0 amide bonds. The summed E-state index contributed by atoms with van der Waals surface area (Å²) in [5.41, 5.74) is 6.68. The van der Waals surface area contributed by atoms with Crippen LogP contribution in [0.2, 0.25) is 0 Å². The Morgan fingerprint density at radius 2 is 2.11 bits per heavy atom. The first-order valence-electron chi connectivity index (χ1n) is 3.33. The smallest absolute Gasteiger partial charge is 0.00368 e. The van der Waals surface area contributed by atoms with Gasteiger partial charge >= 0.3 is 0 Å². The maximum absolute atomic E-state index is 5.36. The molecule has 9 heavy (non-hydrogen) atoms. The van der Waals surface area contributed by atoms with E-state index < -0.39 is 0 Å². The van der Waals surface area contributed by atoms with E-state index in [4.69, 9.17) is 5.73 Å². The number of nitrogens with two attached hydrogens (primary N) is 1. The van der Waals surface area contributed by atoms with Crippen molar-refractivity contribution in [3.05, 3.63) is 23.8 Å². The zero-order chi connectivity index (χ0) is 7.11. The van der Waals surface area contributed by atoms with Crippen molar-refractivity contribution in [2.45, 2.75) is 20.3 Å². The van der Waals surface area contributed by atoms with E-state index in [1.165, 1.54) is 5.57 Å². The van der Waals surface area contributed by atoms with E-state index in [1.807, 2.05) is 19.9 Å². The van der Waals surface area contributed by atoms with Crippen LogP contribution in [0.1, 0.15) is 20.3 Å². The number of allylic oxidation sites excluding steroid dienone is 3. The summed E-state index contributed by atoms with van der Waals surface area (Å²) in [5.74, 6) is 0. The van der Waals surface area contributed by atoms with Crippen LogP contribution in [-0.4, -0.2) is 6.54 Å². The molecule has 52 valence electrons. The SMILES string of the molecule is C/C=C/C(=C/C)CCN. The van der Waals surface area contributed by atoms with E-state index in [1.54, 1.807) is 0 Å². The van der Waals surface area contributed by atoms with Crippen molar-refractivity contribution in [2.75, 3.05) is 6.54 Å². The van der Waals surface area contributed by atoms with Crippen LogP contribution in [0.3, 0.4) is 0 Å². The fraction of sp³-hybridized carbons (Fsp3) is 0.500. The van der Waals surface area contributed by atoms with Gasteiger partial charge in [-0.15, -0.1) is 0 Å². The van der Waals surface area contributed by atoms with Gasteiger partial charge in [-0.2, -0.15) is 0 Å². The van der Waals surface area contributed by atoms with Crippen molar-refractivity contribution in [1.29, 1.82) is 0 Å². The van der Waals surface area contributed by atoms with E-state index >= 15 is 0 Å². The third kappa shape index (κ3) is 3.98. The summed E-state index contributed by atoms with van der Waals surface area (Å²) in [7, 11) is 0. The molecular formula is C8H15N. The molecule has 0 bridgehead atoms. The fourth-order valence-corrected chi connectivity index (χ4v) is 0.705. The largest absolute Gasteiger partial charge is 0.330 e. The van der Waals surface area contributed by atoms with Gasteiger partial charge in [0.25, 0.3) is 0 Å². The van der Waals surface area contributed by atoms with Gasteiger partial charge in [0.1, 0.15) is 0 Å². The Labute approximate surface area is 57.3 Å². The van der Waals surface area contributed by atoms with Gasteiger partial charge in [0.2, 0.25) is 0 Å². The second-order valence-corrected chi connectivity index (χ2v) is 1.90. The fourth-order valence-electron chi connectivity index (χ4n) is 0.705. The molecule has 0 rings (SSSR count). The third-order valence-corrected chi connectivity index (χ3v) is 1.18. The van der Waals surface area contributed by atoms with Gasteiger partial charge in [-0.1, -0.05) is 23.8 Å². The monoisotopic (exact) mass is 125 g/mol. The summed E-state index contributed by atoms with van der Waals surface area (Å²) in [6.07, 6.45) is 7.20. The lowest BCUT2D eigenvalue weighted by Crippen LogP contribution is -1.98. The van der Waals surface area contributed by atoms with Gasteiger partial charge < -0.3 is 5.73 Å². The molecule has 0 saturated carbocycles. The highest BCUT2D eigenvalue weighted by molar-refractivity contribution is 5.17. The van der Waals surface area contributed by atoms with Crippen LogP contribution >= 0.6 is 0 Å². The second kappa shape index (κ2) is 5.57. The molecule has 0 aliphatic rings. The maximum atomic E-state index is 5.36. The molecular weight excluding hydrogens is 110 g/mol. The van der Waals surface area contributed by atoms with E-state index in [2.05, 4.69) is 12.2 Å². The Bertz CT molecular complexity index is 112. The molecule has 0 aromatic carbocycles. The zero-order valence-corrected chi connectivity index (χ0v) is 6.22. The van der Waals surface area contributed by atoms with Crippen LogP contribution in [-0.2, 0) is 0 Å². The summed E-state index contributed by atoms with van der Waals surface area (Å²) in [5, 5.41) is 0. The molecule has 0 aromatic heterocycles. The first-order valence-corrected chi connectivity index (χ1v) is 3.33. The van der Waals surface area contributed by atoms with Gasteiger partial charge in [0.15, 0.2) is 0 Å². The molecule has 0 saturated heterocycles. The van der Waals surface area contributed by atoms with Gasteiger partial charge in [-0.25, -0.2) is 0 Å². The molecule has 0 aliphatic heterocycles. The highest BCUT2D eigenvalue weighted by Crippen LogP contribution is 2.00. The van der Waals surface area contributed by atoms with E-state index in [0.29, 0.717) is 0 Å². The van der Waals surface area contributed by atoms with E-state index in [9.17, 15) is 0 Å². The average Bonchev–Trinajstić information content (AvgIpc) is 1.88. The van der Waals surface area contributed by atoms with Crippen LogP contribution in [0, 0.1) is 0 Å². The molecule has 1 heteroatoms. The van der Waals surface area contributed by atoms with E-state index in [-0.39, 0.29) is 0 Å². The minimum Gasteiger partial charge on any atom is -0.330 e. The van der Waals surface area contributed by atoms with Gasteiger partial charge in [0, 0.05) is 0 Å². The van der Waals surface area contributed by atoms with Gasteiger partial charge in [0.05, 0.1) is 0 Å². The Balaban J connectivity index is 3.70. The second-order valence-electron chi connectivity index (χ2n) is 1.90. The molecule has 0 aromatic rings. The highest BCUT2D eigenvalue weighted by Gasteiger charge is 1.84. The average molecular weight is 125 g/mol. The predicted molar refractivity (Wildman–Crippen MR) is 42.2 cm³/mol. The third-order valence-electron chi connectivity index (χ3n) is 1.18. The molecule has 0 spiro atoms. The summed E-state index contributed by atoms with van der Waals surface area (Å²) < 4.78 is 0. The highest BCUT2D eigenvalue weighted by atomic mass is 14.5. The number of hydrogen-bond acceptors (Lipinski definition) is 1. The molecule has 0 fully saturated rings. The van der Waals surface area contributed by atoms with Crippen LogP contribution in [0.15, 0.2) is 23.8 Å². The Kier molecular flexibility index (Phi) is 5.23. The minimum atomic E-state index is 0.740. The molecule has 0 atom stereocenters. The quantitative estimate of drug-likeness (QED) is 0.572. The summed E-state index contributed by atoms with van der Waals surface area (Å²) in [4.78, 5) is 0. The maximum Gasteiger partial charge on any atom is -0.00368 e. The van der Waals surface area contributed by atoms with E-state index in [0.717, 1.165) is 13.0 Å². The summed E-state index contributed by atoms with van der Waals surface area (Å²) >= 11 is 0. The van der Waals surface area contributed by atoms with Crippen molar-refractivity contribution < 1.29 is 0 Å². The molecule has 1 nitrogen and oxygen atoms in total. The Morgan fingerprint density at radius 3 is 2.44 bits per heavy atom. The Morgan fingerprint density at radius 1 is 1.44 bits per heavy atom. The summed E-state index contributed by atoms with van der Waals surface area (Å²) in [6, 6.07) is 0. The van der Waals surface area contributed by atoms with Crippen LogP contribution in [0.4, 0.5) is 0 Å². The van der Waals surface area contributed by atoms with Crippen LogP contribution in [0.5, 0.6) is 0 Å². The normalized spacial score (nSPS) is 13.0. The number of hydrogen-bond donors (Lipinski definition) is 1. The molecule has 0 unspecified atom stereocenters. The zero-order valence-electron chi connectivity index (χ0n) is 6.22. The van der Waals surface area contributed by atoms with Crippen molar-refractivity contribution in [3.63, 3.8) is 0 Å². The minimum absolute atomic E-state index is 0.740. The molecule has 2 N–H and O–H groups in total. The first kappa shape index (κ1) is 8.44. The molecule has 0 heterocycles. The lowest BCUT2D eigenvalue weighted by atomic mass is 10.2. The standard InChI is InChI=1S/C8H15N/c1-3-5-8(4-2)6-7-9/h3-5H,6-7,9H2,1-2H3/b5-3+,8-4-. The topological polar surface area (TPSA) is 26.0 Å². The molecule has 0 aliphatic carbocycles. The van der Waals surface area contributed by atoms with Crippen molar-refractivity contribution in [2.24, 2.45) is 5.73 Å². The van der Waals surface area contributed by atoms with Crippen molar-refractivity contribution >= 4 is 0 Å². The predicted octanol–water partition coefficient (Wildman–Crippen LogP) is 1.86. The number of rotatable bonds is 3. The van der Waals surface area contributed by atoms with Crippen molar-refractivity contribution in [3.8, 4) is 0 Å². The van der Waals surface area contributed by atoms with Crippen LogP contribution < -0.4 is 5.73 Å². The first-order chi connectivity index (χ1) is 4.35.